The molecular formula is C26H31N5O2. The Labute approximate surface area is 194 Å². The maximum absolute atomic E-state index is 12.9. The minimum absolute atomic E-state index is 0.0389. The highest BCUT2D eigenvalue weighted by Crippen LogP contribution is 2.24. The molecule has 0 spiro atoms. The predicted molar refractivity (Wildman–Crippen MR) is 129 cm³/mol. The predicted octanol–water partition coefficient (Wildman–Crippen LogP) is 3.76. The van der Waals surface area contributed by atoms with Crippen LogP contribution in [0.5, 0.6) is 0 Å². The Balaban J connectivity index is 1.43. The Morgan fingerprint density at radius 1 is 1.06 bits per heavy atom. The Hall–Kier alpha value is -3.45. The highest BCUT2D eigenvalue weighted by molar-refractivity contribution is 6.04. The molecule has 2 aromatic carbocycles. The first-order chi connectivity index (χ1) is 15.9. The molecule has 0 saturated carbocycles. The van der Waals surface area contributed by atoms with Gasteiger partial charge in [-0.25, -0.2) is 0 Å². The van der Waals surface area contributed by atoms with E-state index in [4.69, 9.17) is 0 Å². The summed E-state index contributed by atoms with van der Waals surface area (Å²) in [5, 5.41) is 10.5. The first-order valence-corrected chi connectivity index (χ1v) is 11.5. The van der Waals surface area contributed by atoms with Crippen molar-refractivity contribution in [2.75, 3.05) is 11.9 Å². The summed E-state index contributed by atoms with van der Waals surface area (Å²) in [6.07, 6.45) is 1.74. The van der Waals surface area contributed by atoms with E-state index in [-0.39, 0.29) is 17.9 Å². The minimum Gasteiger partial charge on any atom is -0.350 e. The molecule has 2 heterocycles. The SMILES string of the molecule is CC[C@H](C)NC(=O)c1ccc(CN2CCc3c(c(C(=O)Nc4ccccc4)nn3C)C2)cc1. The lowest BCUT2D eigenvalue weighted by Crippen LogP contribution is -2.32. The number of hydrogen-bond donors (Lipinski definition) is 2. The summed E-state index contributed by atoms with van der Waals surface area (Å²) in [5.74, 6) is -0.223. The van der Waals surface area contributed by atoms with Crippen LogP contribution in [-0.4, -0.2) is 39.1 Å². The van der Waals surface area contributed by atoms with E-state index in [2.05, 4.69) is 27.6 Å². The maximum atomic E-state index is 12.9. The van der Waals surface area contributed by atoms with Gasteiger partial charge in [0.15, 0.2) is 5.69 Å². The molecule has 2 N–H and O–H groups in total. The van der Waals surface area contributed by atoms with Gasteiger partial charge in [0, 0.05) is 61.7 Å². The zero-order valence-electron chi connectivity index (χ0n) is 19.5. The van der Waals surface area contributed by atoms with E-state index in [1.54, 1.807) is 0 Å². The van der Waals surface area contributed by atoms with Crippen molar-refractivity contribution in [1.29, 1.82) is 0 Å². The molecule has 2 amide bonds. The molecule has 0 bridgehead atoms. The first-order valence-electron chi connectivity index (χ1n) is 11.5. The zero-order chi connectivity index (χ0) is 23.4. The number of amides is 2. The van der Waals surface area contributed by atoms with Gasteiger partial charge in [-0.15, -0.1) is 0 Å². The minimum atomic E-state index is -0.184. The van der Waals surface area contributed by atoms with Gasteiger partial charge in [-0.2, -0.15) is 5.10 Å². The number of nitrogens with zero attached hydrogens (tertiary/aromatic N) is 3. The summed E-state index contributed by atoms with van der Waals surface area (Å²) in [5.41, 5.74) is 5.15. The molecule has 172 valence electrons. The Morgan fingerprint density at radius 3 is 2.48 bits per heavy atom. The van der Waals surface area contributed by atoms with E-state index in [0.717, 1.165) is 48.4 Å². The smallest absolute Gasteiger partial charge is 0.276 e. The molecule has 1 aromatic heterocycles. The lowest BCUT2D eigenvalue weighted by Gasteiger charge is -2.27. The number of carbonyl (C=O) groups excluding carboxylic acids is 2. The van der Waals surface area contributed by atoms with Crippen molar-refractivity contribution in [3.05, 3.63) is 82.7 Å². The molecule has 1 aliphatic heterocycles. The summed E-state index contributed by atoms with van der Waals surface area (Å²) >= 11 is 0. The van der Waals surface area contributed by atoms with Crippen LogP contribution in [0.25, 0.3) is 0 Å². The van der Waals surface area contributed by atoms with Crippen LogP contribution in [0.2, 0.25) is 0 Å². The molecule has 4 rings (SSSR count). The average molecular weight is 446 g/mol. The molecule has 0 saturated heterocycles. The highest BCUT2D eigenvalue weighted by Gasteiger charge is 2.27. The normalized spacial score (nSPS) is 14.4. The van der Waals surface area contributed by atoms with Gasteiger partial charge in [0.1, 0.15) is 0 Å². The van der Waals surface area contributed by atoms with Crippen molar-refractivity contribution in [1.82, 2.24) is 20.0 Å². The third kappa shape index (κ3) is 5.31. The molecule has 0 unspecified atom stereocenters. The fraction of sp³-hybridized carbons (Fsp3) is 0.346. The van der Waals surface area contributed by atoms with Gasteiger partial charge in [-0.1, -0.05) is 37.3 Å². The highest BCUT2D eigenvalue weighted by atomic mass is 16.2. The lowest BCUT2D eigenvalue weighted by atomic mass is 10.0. The van der Waals surface area contributed by atoms with Crippen LogP contribution < -0.4 is 10.6 Å². The van der Waals surface area contributed by atoms with Crippen LogP contribution >= 0.6 is 0 Å². The molecule has 0 fully saturated rings. The van der Waals surface area contributed by atoms with Crippen LogP contribution in [0.1, 0.15) is 57.9 Å². The van der Waals surface area contributed by atoms with E-state index >= 15 is 0 Å². The molecule has 3 aromatic rings. The number of rotatable bonds is 7. The number of hydrogen-bond acceptors (Lipinski definition) is 4. The number of aryl methyl sites for hydroxylation is 1. The van der Waals surface area contributed by atoms with Crippen LogP contribution in [0.4, 0.5) is 5.69 Å². The molecule has 33 heavy (non-hydrogen) atoms. The van der Waals surface area contributed by atoms with Gasteiger partial charge < -0.3 is 10.6 Å². The molecule has 7 nitrogen and oxygen atoms in total. The van der Waals surface area contributed by atoms with Gasteiger partial charge in [-0.05, 0) is 43.2 Å². The fourth-order valence-corrected chi connectivity index (χ4v) is 4.11. The lowest BCUT2D eigenvalue weighted by molar-refractivity contribution is 0.0938. The van der Waals surface area contributed by atoms with Crippen molar-refractivity contribution in [2.45, 2.75) is 45.8 Å². The van der Waals surface area contributed by atoms with Crippen LogP contribution in [0, 0.1) is 0 Å². The monoisotopic (exact) mass is 445 g/mol. The van der Waals surface area contributed by atoms with E-state index in [9.17, 15) is 9.59 Å². The molecule has 7 heteroatoms. The number of nitrogens with one attached hydrogen (secondary N) is 2. The summed E-state index contributed by atoms with van der Waals surface area (Å²) in [6.45, 7) is 6.36. The first kappa shape index (κ1) is 22.7. The van der Waals surface area contributed by atoms with Crippen molar-refractivity contribution in [3.63, 3.8) is 0 Å². The topological polar surface area (TPSA) is 79.3 Å². The number of carbonyl (C=O) groups is 2. The third-order valence-electron chi connectivity index (χ3n) is 6.18. The third-order valence-corrected chi connectivity index (χ3v) is 6.18. The van der Waals surface area contributed by atoms with Crippen molar-refractivity contribution in [3.8, 4) is 0 Å². The largest absolute Gasteiger partial charge is 0.350 e. The molecular weight excluding hydrogens is 414 g/mol. The Morgan fingerprint density at radius 2 is 1.79 bits per heavy atom. The van der Waals surface area contributed by atoms with Crippen LogP contribution in [0.3, 0.4) is 0 Å². The van der Waals surface area contributed by atoms with Crippen molar-refractivity contribution < 1.29 is 9.59 Å². The summed E-state index contributed by atoms with van der Waals surface area (Å²) in [6, 6.07) is 17.4. The van der Waals surface area contributed by atoms with Gasteiger partial charge in [0.2, 0.25) is 0 Å². The van der Waals surface area contributed by atoms with Gasteiger partial charge >= 0.3 is 0 Å². The van der Waals surface area contributed by atoms with E-state index < -0.39 is 0 Å². The molecule has 0 radical (unpaired) electrons. The number of fused-ring (bicyclic) bond motifs is 1. The van der Waals surface area contributed by atoms with Crippen LogP contribution in [0.15, 0.2) is 54.6 Å². The second kappa shape index (κ2) is 10.0. The zero-order valence-corrected chi connectivity index (χ0v) is 19.5. The number of anilines is 1. The van der Waals surface area contributed by atoms with Crippen molar-refractivity contribution >= 4 is 17.5 Å². The Bertz CT molecular complexity index is 1120. The number of para-hydroxylation sites is 1. The standard InChI is InChI=1S/C26H31N5O2/c1-4-18(2)27-25(32)20-12-10-19(11-13-20)16-31-15-14-23-22(17-31)24(29-30(23)3)26(33)28-21-8-6-5-7-9-21/h5-13,18H,4,14-17H2,1-3H3,(H,27,32)(H,28,33)/t18-/m0/s1. The van der Waals surface area contributed by atoms with Crippen LogP contribution in [-0.2, 0) is 26.6 Å². The summed E-state index contributed by atoms with van der Waals surface area (Å²) in [7, 11) is 1.90. The molecule has 1 atom stereocenters. The molecule has 0 aliphatic carbocycles. The second-order valence-electron chi connectivity index (χ2n) is 8.66. The van der Waals surface area contributed by atoms with Gasteiger partial charge in [0.05, 0.1) is 0 Å². The van der Waals surface area contributed by atoms with E-state index in [1.807, 2.05) is 73.3 Å². The average Bonchev–Trinajstić information content (AvgIpc) is 3.16. The summed E-state index contributed by atoms with van der Waals surface area (Å²) < 4.78 is 1.83. The van der Waals surface area contributed by atoms with Crippen molar-refractivity contribution in [2.24, 2.45) is 7.05 Å². The second-order valence-corrected chi connectivity index (χ2v) is 8.66. The Kier molecular flexibility index (Phi) is 6.89. The number of aromatic nitrogens is 2. The summed E-state index contributed by atoms with van der Waals surface area (Å²) in [4.78, 5) is 27.6. The molecule has 1 aliphatic rings. The number of benzene rings is 2. The quantitative estimate of drug-likeness (QED) is 0.580. The van der Waals surface area contributed by atoms with Gasteiger partial charge in [-0.3, -0.25) is 19.2 Å². The van der Waals surface area contributed by atoms with E-state index in [1.165, 1.54) is 0 Å². The fourth-order valence-electron chi connectivity index (χ4n) is 4.11. The maximum Gasteiger partial charge on any atom is 0.276 e. The van der Waals surface area contributed by atoms with E-state index in [0.29, 0.717) is 17.8 Å². The van der Waals surface area contributed by atoms with Gasteiger partial charge in [0.25, 0.3) is 11.8 Å².